The minimum Gasteiger partial charge on any atom is -0.356 e. The van der Waals surface area contributed by atoms with Gasteiger partial charge in [-0.2, -0.15) is 0 Å². The number of guanidine groups is 1. The molecule has 0 radical (unpaired) electrons. The SMILES string of the molecule is C=CCCCN(C)C(=NC)NCC(C)CN1CCCCC1.I. The predicted octanol–water partition coefficient (Wildman–Crippen LogP) is 3.20. The van der Waals surface area contributed by atoms with E-state index in [1.807, 2.05) is 13.1 Å². The molecule has 0 saturated carbocycles. The van der Waals surface area contributed by atoms with E-state index in [0.717, 1.165) is 31.9 Å². The number of halogens is 1. The zero-order chi connectivity index (χ0) is 15.5. The lowest BCUT2D eigenvalue weighted by Crippen LogP contribution is -2.43. The van der Waals surface area contributed by atoms with E-state index < -0.39 is 0 Å². The Kier molecular flexibility index (Phi) is 13.0. The second-order valence-corrected chi connectivity index (χ2v) is 6.25. The molecular formula is C17H35IN4. The van der Waals surface area contributed by atoms with E-state index in [2.05, 4.69) is 40.7 Å². The number of piperidine rings is 1. The summed E-state index contributed by atoms with van der Waals surface area (Å²) >= 11 is 0. The monoisotopic (exact) mass is 422 g/mol. The van der Waals surface area contributed by atoms with Crippen LogP contribution in [0.4, 0.5) is 0 Å². The van der Waals surface area contributed by atoms with Crippen molar-refractivity contribution >= 4 is 29.9 Å². The minimum absolute atomic E-state index is 0. The zero-order valence-corrected chi connectivity index (χ0v) is 17.0. The third kappa shape index (κ3) is 8.98. The quantitative estimate of drug-likeness (QED) is 0.214. The summed E-state index contributed by atoms with van der Waals surface area (Å²) in [5.41, 5.74) is 0. The molecule has 1 heterocycles. The van der Waals surface area contributed by atoms with E-state index in [4.69, 9.17) is 0 Å². The van der Waals surface area contributed by atoms with Crippen molar-refractivity contribution < 1.29 is 0 Å². The molecule has 0 aromatic heterocycles. The van der Waals surface area contributed by atoms with Gasteiger partial charge in [-0.1, -0.05) is 19.4 Å². The highest BCUT2D eigenvalue weighted by Crippen LogP contribution is 2.10. The first-order valence-electron chi connectivity index (χ1n) is 8.42. The molecule has 0 aromatic carbocycles. The molecule has 1 unspecified atom stereocenters. The van der Waals surface area contributed by atoms with Crippen molar-refractivity contribution in [3.8, 4) is 0 Å². The van der Waals surface area contributed by atoms with Gasteiger partial charge in [-0.3, -0.25) is 4.99 Å². The van der Waals surface area contributed by atoms with Gasteiger partial charge < -0.3 is 15.1 Å². The van der Waals surface area contributed by atoms with Crippen molar-refractivity contribution in [1.29, 1.82) is 0 Å². The third-order valence-electron chi connectivity index (χ3n) is 4.10. The van der Waals surface area contributed by atoms with Gasteiger partial charge in [0.05, 0.1) is 0 Å². The van der Waals surface area contributed by atoms with Gasteiger partial charge in [-0.25, -0.2) is 0 Å². The van der Waals surface area contributed by atoms with E-state index >= 15 is 0 Å². The molecule has 0 aromatic rings. The van der Waals surface area contributed by atoms with Crippen LogP contribution in [0.1, 0.15) is 39.0 Å². The summed E-state index contributed by atoms with van der Waals surface area (Å²) in [5, 5.41) is 3.51. The first kappa shape index (κ1) is 21.7. The lowest BCUT2D eigenvalue weighted by Gasteiger charge is -2.30. The smallest absolute Gasteiger partial charge is 0.193 e. The fourth-order valence-electron chi connectivity index (χ4n) is 2.88. The zero-order valence-electron chi connectivity index (χ0n) is 14.7. The normalized spacial score (nSPS) is 17.5. The summed E-state index contributed by atoms with van der Waals surface area (Å²) in [5.74, 6) is 1.66. The number of nitrogens with zero attached hydrogens (tertiary/aromatic N) is 3. The number of rotatable bonds is 8. The number of likely N-dealkylation sites (tertiary alicyclic amines) is 1. The van der Waals surface area contributed by atoms with Crippen LogP contribution in [0, 0.1) is 5.92 Å². The van der Waals surface area contributed by atoms with Gasteiger partial charge >= 0.3 is 0 Å². The Hall–Kier alpha value is -0.300. The van der Waals surface area contributed by atoms with Gasteiger partial charge in [0.25, 0.3) is 0 Å². The van der Waals surface area contributed by atoms with Crippen molar-refractivity contribution in [2.75, 3.05) is 46.8 Å². The number of hydrogen-bond acceptors (Lipinski definition) is 2. The van der Waals surface area contributed by atoms with Gasteiger partial charge in [-0.15, -0.1) is 30.6 Å². The molecular weight excluding hydrogens is 387 g/mol. The maximum Gasteiger partial charge on any atom is 0.193 e. The summed E-state index contributed by atoms with van der Waals surface area (Å²) in [4.78, 5) is 9.19. The van der Waals surface area contributed by atoms with Crippen LogP contribution in [-0.4, -0.2) is 62.6 Å². The average molecular weight is 422 g/mol. The standard InChI is InChI=1S/C17H34N4.HI/c1-5-6-8-11-20(4)17(18-3)19-14-16(2)15-21-12-9-7-10-13-21;/h5,16H,1,6-15H2,2-4H3,(H,18,19);1H. The van der Waals surface area contributed by atoms with Crippen LogP contribution in [0.3, 0.4) is 0 Å². The summed E-state index contributed by atoms with van der Waals surface area (Å²) in [6, 6.07) is 0. The van der Waals surface area contributed by atoms with Crippen molar-refractivity contribution in [2.24, 2.45) is 10.9 Å². The first-order chi connectivity index (χ1) is 10.2. The van der Waals surface area contributed by atoms with E-state index in [-0.39, 0.29) is 24.0 Å². The molecule has 1 saturated heterocycles. The van der Waals surface area contributed by atoms with Gasteiger partial charge in [0.1, 0.15) is 0 Å². The Morgan fingerprint density at radius 3 is 2.64 bits per heavy atom. The number of nitrogens with one attached hydrogen (secondary N) is 1. The van der Waals surface area contributed by atoms with E-state index in [9.17, 15) is 0 Å². The Labute approximate surface area is 154 Å². The molecule has 0 amide bonds. The number of unbranched alkanes of at least 4 members (excludes halogenated alkanes) is 1. The van der Waals surface area contributed by atoms with E-state index in [1.165, 1.54) is 38.9 Å². The highest BCUT2D eigenvalue weighted by Gasteiger charge is 2.14. The average Bonchev–Trinajstić information content (AvgIpc) is 2.49. The summed E-state index contributed by atoms with van der Waals surface area (Å²) in [7, 11) is 3.97. The lowest BCUT2D eigenvalue weighted by molar-refractivity contribution is 0.200. The first-order valence-corrected chi connectivity index (χ1v) is 8.42. The number of hydrogen-bond donors (Lipinski definition) is 1. The van der Waals surface area contributed by atoms with Crippen LogP contribution >= 0.6 is 24.0 Å². The Balaban J connectivity index is 0.00000441. The molecule has 22 heavy (non-hydrogen) atoms. The van der Waals surface area contributed by atoms with Gasteiger partial charge in [0.2, 0.25) is 0 Å². The van der Waals surface area contributed by atoms with Crippen LogP contribution in [0.15, 0.2) is 17.6 Å². The Bertz CT molecular complexity index is 314. The Morgan fingerprint density at radius 2 is 2.05 bits per heavy atom. The van der Waals surface area contributed by atoms with Gasteiger partial charge in [-0.05, 0) is 44.7 Å². The third-order valence-corrected chi connectivity index (χ3v) is 4.10. The molecule has 0 aliphatic carbocycles. The summed E-state index contributed by atoms with van der Waals surface area (Å²) < 4.78 is 0. The summed E-state index contributed by atoms with van der Waals surface area (Å²) in [6.45, 7) is 11.9. The Morgan fingerprint density at radius 1 is 1.36 bits per heavy atom. The minimum atomic E-state index is 0. The van der Waals surface area contributed by atoms with Crippen molar-refractivity contribution in [2.45, 2.75) is 39.0 Å². The highest BCUT2D eigenvalue weighted by molar-refractivity contribution is 14.0. The van der Waals surface area contributed by atoms with Gasteiger partial charge in [0, 0.05) is 33.7 Å². The van der Waals surface area contributed by atoms with Crippen LogP contribution < -0.4 is 5.32 Å². The lowest BCUT2D eigenvalue weighted by atomic mass is 10.1. The maximum absolute atomic E-state index is 4.38. The molecule has 5 heteroatoms. The molecule has 0 spiro atoms. The number of aliphatic imine (C=N–C) groups is 1. The molecule has 130 valence electrons. The second kappa shape index (κ2) is 13.2. The van der Waals surface area contributed by atoms with Crippen LogP contribution in [0.2, 0.25) is 0 Å². The second-order valence-electron chi connectivity index (χ2n) is 6.25. The number of allylic oxidation sites excluding steroid dienone is 1. The molecule has 1 atom stereocenters. The fourth-order valence-corrected chi connectivity index (χ4v) is 2.88. The van der Waals surface area contributed by atoms with E-state index in [1.54, 1.807) is 0 Å². The highest BCUT2D eigenvalue weighted by atomic mass is 127. The van der Waals surface area contributed by atoms with Crippen LogP contribution in [-0.2, 0) is 0 Å². The molecule has 0 bridgehead atoms. The van der Waals surface area contributed by atoms with Crippen LogP contribution in [0.5, 0.6) is 0 Å². The van der Waals surface area contributed by atoms with Gasteiger partial charge in [0.15, 0.2) is 5.96 Å². The molecule has 1 fully saturated rings. The largest absolute Gasteiger partial charge is 0.356 e. The van der Waals surface area contributed by atoms with Crippen molar-refractivity contribution in [3.63, 3.8) is 0 Å². The van der Waals surface area contributed by atoms with E-state index in [0.29, 0.717) is 5.92 Å². The maximum atomic E-state index is 4.38. The van der Waals surface area contributed by atoms with Crippen LogP contribution in [0.25, 0.3) is 0 Å². The molecule has 1 aliphatic rings. The predicted molar refractivity (Wildman–Crippen MR) is 108 cm³/mol. The van der Waals surface area contributed by atoms with Crippen molar-refractivity contribution in [3.05, 3.63) is 12.7 Å². The summed E-state index contributed by atoms with van der Waals surface area (Å²) in [6.07, 6.45) is 8.31. The fraction of sp³-hybridized carbons (Fsp3) is 0.824. The molecule has 1 rings (SSSR count). The molecule has 4 nitrogen and oxygen atoms in total. The van der Waals surface area contributed by atoms with Crippen molar-refractivity contribution in [1.82, 2.24) is 15.1 Å². The molecule has 1 N–H and O–H groups in total. The topological polar surface area (TPSA) is 30.9 Å². The molecule has 1 aliphatic heterocycles.